The van der Waals surface area contributed by atoms with Gasteiger partial charge in [0.25, 0.3) is 5.91 Å². The lowest BCUT2D eigenvalue weighted by molar-refractivity contribution is 0.0654. The maximum Gasteiger partial charge on any atom is 0.264 e. The Kier molecular flexibility index (Phi) is 5.47. The number of rotatable bonds is 4. The van der Waals surface area contributed by atoms with Crippen LogP contribution >= 0.6 is 11.3 Å². The number of fused-ring (bicyclic) bond motifs is 1. The SMILES string of the molecule is O=C(c1ccc2c(c1)OCCO2)C1CCN(C(=O)c2sccc2-c2ccccc2)CC1. The number of hydrogen-bond donors (Lipinski definition) is 0. The van der Waals surface area contributed by atoms with Gasteiger partial charge in [-0.15, -0.1) is 11.3 Å². The van der Waals surface area contributed by atoms with Gasteiger partial charge in [0.2, 0.25) is 0 Å². The van der Waals surface area contributed by atoms with Crippen LogP contribution in [0.2, 0.25) is 0 Å². The Bertz CT molecular complexity index is 1100. The highest BCUT2D eigenvalue weighted by Gasteiger charge is 2.30. The number of benzene rings is 2. The van der Waals surface area contributed by atoms with Gasteiger partial charge in [0.05, 0.1) is 4.88 Å². The standard InChI is InChI=1S/C25H23NO4S/c27-23(19-6-7-21-22(16-19)30-14-13-29-21)18-8-11-26(12-9-18)25(28)24-20(10-15-31-24)17-4-2-1-3-5-17/h1-7,10,15-16,18H,8-9,11-14H2. The molecule has 0 spiro atoms. The quantitative estimate of drug-likeness (QED) is 0.548. The average molecular weight is 434 g/mol. The van der Waals surface area contributed by atoms with Crippen LogP contribution in [0, 0.1) is 5.92 Å². The molecule has 2 aliphatic rings. The zero-order valence-corrected chi connectivity index (χ0v) is 17.9. The molecule has 6 heteroatoms. The van der Waals surface area contributed by atoms with Gasteiger partial charge in [0.1, 0.15) is 13.2 Å². The number of ketones is 1. The van der Waals surface area contributed by atoms with E-state index < -0.39 is 0 Å². The van der Waals surface area contributed by atoms with E-state index in [2.05, 4.69) is 0 Å². The first-order chi connectivity index (χ1) is 15.2. The van der Waals surface area contributed by atoms with Crippen LogP contribution in [-0.4, -0.2) is 42.9 Å². The molecule has 3 heterocycles. The highest BCUT2D eigenvalue weighted by atomic mass is 32.1. The molecule has 5 rings (SSSR count). The van der Waals surface area contributed by atoms with Gasteiger partial charge in [-0.05, 0) is 48.1 Å². The van der Waals surface area contributed by atoms with Gasteiger partial charge in [0.15, 0.2) is 17.3 Å². The fourth-order valence-corrected chi connectivity index (χ4v) is 5.12. The summed E-state index contributed by atoms with van der Waals surface area (Å²) >= 11 is 1.48. The number of piperidine rings is 1. The van der Waals surface area contributed by atoms with Crippen LogP contribution in [0.1, 0.15) is 32.9 Å². The molecule has 0 atom stereocenters. The van der Waals surface area contributed by atoms with E-state index in [1.54, 1.807) is 6.07 Å². The maximum atomic E-state index is 13.2. The largest absolute Gasteiger partial charge is 0.486 e. The van der Waals surface area contributed by atoms with E-state index in [4.69, 9.17) is 9.47 Å². The Balaban J connectivity index is 1.25. The molecular formula is C25H23NO4S. The minimum atomic E-state index is -0.0801. The lowest BCUT2D eigenvalue weighted by atomic mass is 9.88. The summed E-state index contributed by atoms with van der Waals surface area (Å²) in [5.41, 5.74) is 2.68. The molecule has 3 aromatic rings. The van der Waals surface area contributed by atoms with Crippen LogP contribution in [-0.2, 0) is 0 Å². The van der Waals surface area contributed by atoms with Crippen molar-refractivity contribution in [3.63, 3.8) is 0 Å². The van der Waals surface area contributed by atoms with E-state index in [-0.39, 0.29) is 17.6 Å². The van der Waals surface area contributed by atoms with Gasteiger partial charge < -0.3 is 14.4 Å². The molecule has 0 bridgehead atoms. The van der Waals surface area contributed by atoms with Crippen molar-refractivity contribution in [2.24, 2.45) is 5.92 Å². The first-order valence-corrected chi connectivity index (χ1v) is 11.4. The van der Waals surface area contributed by atoms with Gasteiger partial charge in [-0.1, -0.05) is 30.3 Å². The van der Waals surface area contributed by atoms with E-state index in [0.717, 1.165) is 16.0 Å². The normalized spacial score (nSPS) is 16.2. The van der Waals surface area contributed by atoms with Crippen LogP contribution in [0.25, 0.3) is 11.1 Å². The van der Waals surface area contributed by atoms with Crippen LogP contribution in [0.3, 0.4) is 0 Å². The number of carbonyl (C=O) groups excluding carboxylic acids is 2. The zero-order valence-electron chi connectivity index (χ0n) is 17.1. The third-order valence-corrected chi connectivity index (χ3v) is 6.83. The molecule has 158 valence electrons. The molecule has 0 N–H and O–H groups in total. The van der Waals surface area contributed by atoms with Gasteiger partial charge in [-0.25, -0.2) is 0 Å². The highest BCUT2D eigenvalue weighted by Crippen LogP contribution is 2.34. The Morgan fingerprint density at radius 3 is 2.42 bits per heavy atom. The maximum absolute atomic E-state index is 13.2. The molecular weight excluding hydrogens is 410 g/mol. The van der Waals surface area contributed by atoms with E-state index in [9.17, 15) is 9.59 Å². The van der Waals surface area contributed by atoms with Gasteiger partial charge in [-0.2, -0.15) is 0 Å². The van der Waals surface area contributed by atoms with Crippen LogP contribution < -0.4 is 9.47 Å². The third kappa shape index (κ3) is 3.95. The van der Waals surface area contributed by atoms with Crippen molar-refractivity contribution < 1.29 is 19.1 Å². The molecule has 1 fully saturated rings. The van der Waals surface area contributed by atoms with Crippen LogP contribution in [0.15, 0.2) is 60.0 Å². The predicted octanol–water partition coefficient (Wildman–Crippen LogP) is 4.92. The summed E-state index contributed by atoms with van der Waals surface area (Å²) in [6.45, 7) is 2.21. The summed E-state index contributed by atoms with van der Waals surface area (Å²) in [6.07, 6.45) is 1.34. The summed E-state index contributed by atoms with van der Waals surface area (Å²) in [7, 11) is 0. The summed E-state index contributed by atoms with van der Waals surface area (Å²) in [4.78, 5) is 28.9. The fourth-order valence-electron chi connectivity index (χ4n) is 4.24. The van der Waals surface area contributed by atoms with Crippen molar-refractivity contribution in [3.05, 3.63) is 70.4 Å². The minimum Gasteiger partial charge on any atom is -0.486 e. The van der Waals surface area contributed by atoms with Gasteiger partial charge in [-0.3, -0.25) is 9.59 Å². The van der Waals surface area contributed by atoms with E-state index in [1.165, 1.54) is 11.3 Å². The Morgan fingerprint density at radius 2 is 1.65 bits per heavy atom. The summed E-state index contributed by atoms with van der Waals surface area (Å²) in [6, 6.07) is 17.4. The molecule has 0 aliphatic carbocycles. The summed E-state index contributed by atoms with van der Waals surface area (Å²) in [5, 5.41) is 1.97. The molecule has 31 heavy (non-hydrogen) atoms. The number of likely N-dealkylation sites (tertiary alicyclic amines) is 1. The number of ether oxygens (including phenoxy) is 2. The molecule has 0 saturated carbocycles. The van der Waals surface area contributed by atoms with Gasteiger partial charge >= 0.3 is 0 Å². The lowest BCUT2D eigenvalue weighted by Crippen LogP contribution is -2.40. The van der Waals surface area contributed by atoms with E-state index >= 15 is 0 Å². The summed E-state index contributed by atoms with van der Waals surface area (Å²) in [5.74, 6) is 1.41. The van der Waals surface area contributed by atoms with Crippen LogP contribution in [0.4, 0.5) is 0 Å². The molecule has 1 saturated heterocycles. The second-order valence-electron chi connectivity index (χ2n) is 7.82. The monoisotopic (exact) mass is 433 g/mol. The molecule has 2 aliphatic heterocycles. The topological polar surface area (TPSA) is 55.8 Å². The first kappa shape index (κ1) is 19.8. The lowest BCUT2D eigenvalue weighted by Gasteiger charge is -2.31. The van der Waals surface area contributed by atoms with E-state index in [0.29, 0.717) is 56.2 Å². The molecule has 5 nitrogen and oxygen atoms in total. The van der Waals surface area contributed by atoms with Crippen molar-refractivity contribution in [1.82, 2.24) is 4.90 Å². The molecule has 0 unspecified atom stereocenters. The number of hydrogen-bond acceptors (Lipinski definition) is 5. The zero-order chi connectivity index (χ0) is 21.2. The van der Waals surface area contributed by atoms with E-state index in [1.807, 2.05) is 58.8 Å². The van der Waals surface area contributed by atoms with Crippen molar-refractivity contribution in [2.45, 2.75) is 12.8 Å². The average Bonchev–Trinajstić information content (AvgIpc) is 3.33. The number of nitrogens with zero attached hydrogens (tertiary/aromatic N) is 1. The fraction of sp³-hybridized carbons (Fsp3) is 0.280. The van der Waals surface area contributed by atoms with Crippen molar-refractivity contribution in [2.75, 3.05) is 26.3 Å². The highest BCUT2D eigenvalue weighted by molar-refractivity contribution is 7.12. The van der Waals surface area contributed by atoms with Crippen LogP contribution in [0.5, 0.6) is 11.5 Å². The predicted molar refractivity (Wildman–Crippen MR) is 120 cm³/mol. The second kappa shape index (κ2) is 8.55. The Morgan fingerprint density at radius 1 is 0.903 bits per heavy atom. The van der Waals surface area contributed by atoms with Crippen molar-refractivity contribution in [3.8, 4) is 22.6 Å². The molecule has 2 aromatic carbocycles. The minimum absolute atomic E-state index is 0.0547. The molecule has 1 amide bonds. The first-order valence-electron chi connectivity index (χ1n) is 10.6. The Hall–Kier alpha value is -3.12. The van der Waals surface area contributed by atoms with Crippen molar-refractivity contribution in [1.29, 1.82) is 0 Å². The second-order valence-corrected chi connectivity index (χ2v) is 8.73. The smallest absolute Gasteiger partial charge is 0.264 e. The number of amides is 1. The number of Topliss-reactive ketones (excluding diaryl/α,β-unsaturated/α-hetero) is 1. The van der Waals surface area contributed by atoms with Crippen molar-refractivity contribution >= 4 is 23.0 Å². The Labute approximate surface area is 185 Å². The molecule has 0 radical (unpaired) electrons. The third-order valence-electron chi connectivity index (χ3n) is 5.92. The number of thiophene rings is 1. The number of carbonyl (C=O) groups is 2. The molecule has 1 aromatic heterocycles. The summed E-state index contributed by atoms with van der Waals surface area (Å²) < 4.78 is 11.2. The van der Waals surface area contributed by atoms with Gasteiger partial charge in [0, 0.05) is 30.1 Å².